The molecule has 13 heavy (non-hydrogen) atoms. The van der Waals surface area contributed by atoms with Gasteiger partial charge in [0, 0.05) is 6.20 Å². The zero-order valence-electron chi connectivity index (χ0n) is 6.80. The lowest BCUT2D eigenvalue weighted by molar-refractivity contribution is 0.565. The van der Waals surface area contributed by atoms with Crippen LogP contribution >= 0.6 is 0 Å². The van der Waals surface area contributed by atoms with E-state index in [4.69, 9.17) is 0 Å². The summed E-state index contributed by atoms with van der Waals surface area (Å²) in [7, 11) is 0. The maximum atomic E-state index is 10.0. The second-order valence-electron chi connectivity index (χ2n) is 2.45. The van der Waals surface area contributed by atoms with Gasteiger partial charge < -0.3 is 0 Å². The third-order valence-electron chi connectivity index (χ3n) is 1.63. The zero-order chi connectivity index (χ0) is 9.26. The molecule has 64 valence electrons. The highest BCUT2D eigenvalue weighted by atomic mass is 16.1. The molecule has 0 saturated heterocycles. The summed E-state index contributed by atoms with van der Waals surface area (Å²) in [4.78, 5) is 13.4. The Hall–Kier alpha value is -2.07. The van der Waals surface area contributed by atoms with Crippen LogP contribution < -0.4 is 0 Å². The Labute approximate surface area is 72.9 Å². The Bertz CT molecular complexity index is 497. The van der Waals surface area contributed by atoms with Crippen LogP contribution in [0, 0.1) is 6.92 Å². The molecule has 6 heteroatoms. The molecule has 0 aliphatic carbocycles. The summed E-state index contributed by atoms with van der Waals surface area (Å²) in [6, 6.07) is 1.80. The molecular formula is C7H5N5O. The number of fused-ring (bicyclic) bond motifs is 1. The Morgan fingerprint density at radius 2 is 2.38 bits per heavy atom. The van der Waals surface area contributed by atoms with Crippen LogP contribution in [-0.4, -0.2) is 25.9 Å². The van der Waals surface area contributed by atoms with Gasteiger partial charge in [0.25, 0.3) is 5.95 Å². The molecule has 0 amide bonds. The molecule has 2 aromatic heterocycles. The molecule has 0 aliphatic heterocycles. The van der Waals surface area contributed by atoms with Crippen molar-refractivity contribution in [2.75, 3.05) is 0 Å². The van der Waals surface area contributed by atoms with Gasteiger partial charge >= 0.3 is 0 Å². The second kappa shape index (κ2) is 2.76. The predicted octanol–water partition coefficient (Wildman–Crippen LogP) is 0.400. The van der Waals surface area contributed by atoms with E-state index in [1.54, 1.807) is 12.3 Å². The summed E-state index contributed by atoms with van der Waals surface area (Å²) in [6.45, 7) is 1.88. The van der Waals surface area contributed by atoms with Crippen LogP contribution in [0.3, 0.4) is 0 Å². The maximum Gasteiger partial charge on any atom is 0.283 e. The molecule has 0 aliphatic rings. The molecule has 0 saturated carbocycles. The summed E-state index contributed by atoms with van der Waals surface area (Å²) >= 11 is 0. The minimum Gasteiger partial charge on any atom is -0.211 e. The molecule has 2 aromatic rings. The lowest BCUT2D eigenvalue weighted by Gasteiger charge is -1.93. The molecule has 6 nitrogen and oxygen atoms in total. The lowest BCUT2D eigenvalue weighted by Crippen LogP contribution is -1.91. The molecule has 2 heterocycles. The second-order valence-corrected chi connectivity index (χ2v) is 2.45. The Balaban J connectivity index is 2.82. The van der Waals surface area contributed by atoms with E-state index in [2.05, 4.69) is 20.3 Å². The molecule has 0 atom stereocenters. The number of hydrogen-bond acceptors (Lipinski definition) is 5. The number of nitrogens with zero attached hydrogens (tertiary/aromatic N) is 5. The highest BCUT2D eigenvalue weighted by molar-refractivity contribution is 5.50. The molecule has 0 fully saturated rings. The summed E-state index contributed by atoms with van der Waals surface area (Å²) < 4.78 is 1.39. The van der Waals surface area contributed by atoms with Crippen molar-refractivity contribution in [3.8, 4) is 0 Å². The largest absolute Gasteiger partial charge is 0.283 e. The minimum atomic E-state index is 0.147. The Morgan fingerprint density at radius 1 is 1.54 bits per heavy atom. The van der Waals surface area contributed by atoms with Gasteiger partial charge in [0.15, 0.2) is 5.65 Å². The quantitative estimate of drug-likeness (QED) is 0.464. The zero-order valence-corrected chi connectivity index (χ0v) is 6.80. The van der Waals surface area contributed by atoms with Crippen molar-refractivity contribution in [3.63, 3.8) is 0 Å². The van der Waals surface area contributed by atoms with Gasteiger partial charge in [0.05, 0.1) is 0 Å². The highest BCUT2D eigenvalue weighted by Gasteiger charge is 2.05. The third-order valence-corrected chi connectivity index (χ3v) is 1.63. The topological polar surface area (TPSA) is 72.5 Å². The van der Waals surface area contributed by atoms with Gasteiger partial charge in [0.1, 0.15) is 0 Å². The number of rotatable bonds is 1. The maximum absolute atomic E-state index is 10.0. The van der Waals surface area contributed by atoms with Crippen LogP contribution in [0.1, 0.15) is 5.56 Å². The third kappa shape index (κ3) is 1.09. The number of aryl methyl sites for hydroxylation is 1. The monoisotopic (exact) mass is 175 g/mol. The predicted molar refractivity (Wildman–Crippen MR) is 43.3 cm³/mol. The Kier molecular flexibility index (Phi) is 1.61. The molecule has 0 aromatic carbocycles. The fourth-order valence-corrected chi connectivity index (χ4v) is 1.02. The fraction of sp³-hybridized carbons (Fsp3) is 0.143. The molecule has 0 bridgehead atoms. The SMILES string of the molecule is Cc1ccnn2c(N=C=O)nnc12. The van der Waals surface area contributed by atoms with Gasteiger partial charge in [-0.25, -0.2) is 4.79 Å². The van der Waals surface area contributed by atoms with Crippen molar-refractivity contribution in [3.05, 3.63) is 17.8 Å². The fourth-order valence-electron chi connectivity index (χ4n) is 1.02. The summed E-state index contributed by atoms with van der Waals surface area (Å²) in [5.41, 5.74) is 1.52. The van der Waals surface area contributed by atoms with Gasteiger partial charge in [-0.15, -0.1) is 15.2 Å². The van der Waals surface area contributed by atoms with Crippen LogP contribution in [0.5, 0.6) is 0 Å². The first-order valence-electron chi connectivity index (χ1n) is 3.58. The van der Waals surface area contributed by atoms with Crippen LogP contribution in [0.25, 0.3) is 5.65 Å². The first-order valence-corrected chi connectivity index (χ1v) is 3.58. The van der Waals surface area contributed by atoms with E-state index in [1.807, 2.05) is 6.92 Å². The van der Waals surface area contributed by atoms with E-state index >= 15 is 0 Å². The molecule has 0 unspecified atom stereocenters. The van der Waals surface area contributed by atoms with Crippen LogP contribution in [0.15, 0.2) is 17.3 Å². The van der Waals surface area contributed by atoms with Crippen molar-refractivity contribution < 1.29 is 4.79 Å². The Morgan fingerprint density at radius 3 is 3.15 bits per heavy atom. The first-order chi connectivity index (χ1) is 6.33. The van der Waals surface area contributed by atoms with Gasteiger partial charge in [0.2, 0.25) is 6.08 Å². The standard InChI is InChI=1S/C7H5N5O/c1-5-2-3-9-12-6(5)10-11-7(12)8-4-13/h2-3H,1H3. The lowest BCUT2D eigenvalue weighted by atomic mass is 10.3. The van der Waals surface area contributed by atoms with Gasteiger partial charge in [-0.1, -0.05) is 0 Å². The number of hydrogen-bond donors (Lipinski definition) is 0. The average Bonchev–Trinajstić information content (AvgIpc) is 2.51. The highest BCUT2D eigenvalue weighted by Crippen LogP contribution is 2.11. The van der Waals surface area contributed by atoms with Gasteiger partial charge in [-0.3, -0.25) is 0 Å². The van der Waals surface area contributed by atoms with E-state index in [0.717, 1.165) is 5.56 Å². The molecule has 0 spiro atoms. The van der Waals surface area contributed by atoms with Gasteiger partial charge in [-0.05, 0) is 18.6 Å². The van der Waals surface area contributed by atoms with E-state index in [9.17, 15) is 4.79 Å². The van der Waals surface area contributed by atoms with E-state index in [1.165, 1.54) is 10.6 Å². The van der Waals surface area contributed by atoms with E-state index in [-0.39, 0.29) is 5.95 Å². The minimum absolute atomic E-state index is 0.147. The van der Waals surface area contributed by atoms with Crippen LogP contribution in [-0.2, 0) is 4.79 Å². The number of aromatic nitrogens is 4. The van der Waals surface area contributed by atoms with Crippen molar-refractivity contribution >= 4 is 17.7 Å². The normalized spacial score (nSPS) is 9.92. The summed E-state index contributed by atoms with van der Waals surface area (Å²) in [5, 5.41) is 11.4. The van der Waals surface area contributed by atoms with Crippen LogP contribution in [0.4, 0.5) is 5.95 Å². The average molecular weight is 175 g/mol. The van der Waals surface area contributed by atoms with Crippen molar-refractivity contribution in [1.82, 2.24) is 19.8 Å². The van der Waals surface area contributed by atoms with Crippen LogP contribution in [0.2, 0.25) is 0 Å². The summed E-state index contributed by atoms with van der Waals surface area (Å²) in [5.74, 6) is 0.147. The van der Waals surface area contributed by atoms with Crippen molar-refractivity contribution in [2.24, 2.45) is 4.99 Å². The van der Waals surface area contributed by atoms with E-state index in [0.29, 0.717) is 5.65 Å². The number of isocyanates is 1. The first kappa shape index (κ1) is 7.57. The number of aliphatic imine (C=N–C) groups is 1. The molecule has 0 N–H and O–H groups in total. The number of carbonyl (C=O) groups excluding carboxylic acids is 1. The van der Waals surface area contributed by atoms with Crippen molar-refractivity contribution in [1.29, 1.82) is 0 Å². The summed E-state index contributed by atoms with van der Waals surface area (Å²) in [6.07, 6.45) is 2.99. The van der Waals surface area contributed by atoms with E-state index < -0.39 is 0 Å². The van der Waals surface area contributed by atoms with Crippen molar-refractivity contribution in [2.45, 2.75) is 6.92 Å². The molecule has 0 radical (unpaired) electrons. The molecule has 2 rings (SSSR count). The molecular weight excluding hydrogens is 170 g/mol. The smallest absolute Gasteiger partial charge is 0.211 e. The van der Waals surface area contributed by atoms with Gasteiger partial charge in [-0.2, -0.15) is 9.61 Å².